The van der Waals surface area contributed by atoms with Gasteiger partial charge in [0, 0.05) is 17.7 Å². The van der Waals surface area contributed by atoms with Gasteiger partial charge in [-0.15, -0.1) is 0 Å². The van der Waals surface area contributed by atoms with Crippen molar-refractivity contribution in [1.82, 2.24) is 10.3 Å². The van der Waals surface area contributed by atoms with Gasteiger partial charge in [-0.05, 0) is 36.4 Å². The van der Waals surface area contributed by atoms with Crippen molar-refractivity contribution in [2.45, 2.75) is 18.7 Å². The van der Waals surface area contributed by atoms with E-state index in [9.17, 15) is 29.0 Å². The van der Waals surface area contributed by atoms with Gasteiger partial charge in [-0.3, -0.25) is 9.59 Å². The maximum absolute atomic E-state index is 12.7. The van der Waals surface area contributed by atoms with Crippen LogP contribution in [0.5, 0.6) is 5.75 Å². The topological polar surface area (TPSA) is 80.3 Å². The summed E-state index contributed by atoms with van der Waals surface area (Å²) in [6.45, 7) is 3.30. The number of anilines is 1. The van der Waals surface area contributed by atoms with Crippen LogP contribution in [0.15, 0.2) is 47.5 Å². The molecular weight excluding hydrogens is 433 g/mol. The van der Waals surface area contributed by atoms with Crippen LogP contribution in [0.25, 0.3) is 0 Å². The molecule has 166 valence electrons. The van der Waals surface area contributed by atoms with Crippen LogP contribution in [-0.2, 0) is 4.79 Å². The molecule has 0 aliphatic rings. The van der Waals surface area contributed by atoms with Gasteiger partial charge in [0.1, 0.15) is 23.1 Å². The van der Waals surface area contributed by atoms with Crippen molar-refractivity contribution in [2.24, 2.45) is 5.92 Å². The molecule has 30 heavy (non-hydrogen) atoms. The first-order valence-electron chi connectivity index (χ1n) is 8.68. The van der Waals surface area contributed by atoms with E-state index in [2.05, 4.69) is 15.6 Å². The predicted molar refractivity (Wildman–Crippen MR) is 103 cm³/mol. The minimum absolute atomic E-state index is 0.00184. The third kappa shape index (κ3) is 6.87. The lowest BCUT2D eigenvalue weighted by molar-refractivity contribution is -0.118. The molecule has 0 aliphatic carbocycles. The Morgan fingerprint density at radius 2 is 1.70 bits per heavy atom. The molecule has 2 N–H and O–H groups in total. The normalized spacial score (nSPS) is 13.9. The van der Waals surface area contributed by atoms with Crippen LogP contribution in [0.3, 0.4) is 0 Å². The van der Waals surface area contributed by atoms with Crippen LogP contribution < -0.4 is 15.4 Å². The smallest absolute Gasteiger partial charge is 0.310 e. The standard InChI is InChI=1S/C18H20F5N3O3S/c1-12(2)17(27)26-16-11-13(7-8-24-16)18(28)25-9-10-29-14-3-5-15(6-4-14)30(19,20,21,22)23/h3-8,11-12H,9-10H2,1-2H3,(H,25,28)(H,24,26,27). The predicted octanol–water partition coefficient (Wildman–Crippen LogP) is 5.14. The van der Waals surface area contributed by atoms with E-state index in [-0.39, 0.29) is 54.2 Å². The second-order valence-corrected chi connectivity index (χ2v) is 9.03. The van der Waals surface area contributed by atoms with Crippen LogP contribution in [-0.4, -0.2) is 29.9 Å². The van der Waals surface area contributed by atoms with Gasteiger partial charge in [-0.25, -0.2) is 4.98 Å². The van der Waals surface area contributed by atoms with E-state index >= 15 is 0 Å². The van der Waals surface area contributed by atoms with E-state index in [0.717, 1.165) is 12.1 Å². The molecule has 0 saturated carbocycles. The Morgan fingerprint density at radius 1 is 1.07 bits per heavy atom. The second-order valence-electron chi connectivity index (χ2n) is 6.62. The Balaban J connectivity index is 1.86. The molecule has 12 heteroatoms. The highest BCUT2D eigenvalue weighted by Gasteiger charge is 2.65. The quantitative estimate of drug-likeness (QED) is 0.428. The summed E-state index contributed by atoms with van der Waals surface area (Å²) >= 11 is 0. The molecule has 1 aromatic carbocycles. The zero-order valence-electron chi connectivity index (χ0n) is 16.0. The fourth-order valence-corrected chi connectivity index (χ4v) is 2.79. The number of nitrogens with one attached hydrogen (secondary N) is 2. The van der Waals surface area contributed by atoms with Gasteiger partial charge in [-0.2, -0.15) is 0 Å². The minimum atomic E-state index is -9.72. The maximum atomic E-state index is 12.7. The van der Waals surface area contributed by atoms with Crippen LogP contribution in [0.1, 0.15) is 24.2 Å². The molecule has 0 spiro atoms. The summed E-state index contributed by atoms with van der Waals surface area (Å²) in [6.07, 6.45) is 1.35. The number of rotatable bonds is 8. The van der Waals surface area contributed by atoms with Gasteiger partial charge in [0.2, 0.25) is 5.91 Å². The summed E-state index contributed by atoms with van der Waals surface area (Å²) in [4.78, 5) is 25.8. The van der Waals surface area contributed by atoms with Crippen LogP contribution in [0.4, 0.5) is 25.2 Å². The zero-order chi connectivity index (χ0) is 22.6. The van der Waals surface area contributed by atoms with Crippen molar-refractivity contribution in [3.8, 4) is 5.75 Å². The lowest BCUT2D eigenvalue weighted by Crippen LogP contribution is -2.28. The van der Waals surface area contributed by atoms with Gasteiger partial charge < -0.3 is 15.4 Å². The fraction of sp³-hybridized carbons (Fsp3) is 0.278. The van der Waals surface area contributed by atoms with E-state index in [1.54, 1.807) is 13.8 Å². The third-order valence-electron chi connectivity index (χ3n) is 3.72. The molecule has 0 saturated heterocycles. The van der Waals surface area contributed by atoms with Crippen molar-refractivity contribution in [2.75, 3.05) is 18.5 Å². The zero-order valence-corrected chi connectivity index (χ0v) is 16.8. The number of amides is 2. The summed E-state index contributed by atoms with van der Waals surface area (Å²) < 4.78 is 68.4. The lowest BCUT2D eigenvalue weighted by atomic mass is 10.2. The van der Waals surface area contributed by atoms with Gasteiger partial charge >= 0.3 is 10.2 Å². The Morgan fingerprint density at radius 3 is 2.27 bits per heavy atom. The van der Waals surface area contributed by atoms with Crippen LogP contribution in [0, 0.1) is 5.92 Å². The number of hydrogen-bond acceptors (Lipinski definition) is 4. The highest BCUT2D eigenvalue weighted by atomic mass is 32.5. The number of halogens is 5. The van der Waals surface area contributed by atoms with E-state index in [1.165, 1.54) is 18.3 Å². The number of carbonyl (C=O) groups excluding carboxylic acids is 2. The molecule has 0 radical (unpaired) electrons. The SMILES string of the molecule is CC(C)C(=O)Nc1cc(C(=O)NCCOc2ccc(S(F)(F)(F)(F)F)cc2)ccn1. The summed E-state index contributed by atoms with van der Waals surface area (Å²) in [5.74, 6) is -0.861. The van der Waals surface area contributed by atoms with Crippen molar-refractivity contribution in [3.63, 3.8) is 0 Å². The van der Waals surface area contributed by atoms with E-state index in [4.69, 9.17) is 4.74 Å². The van der Waals surface area contributed by atoms with Gasteiger partial charge in [-0.1, -0.05) is 33.3 Å². The van der Waals surface area contributed by atoms with Gasteiger partial charge in [0.15, 0.2) is 0 Å². The van der Waals surface area contributed by atoms with Crippen molar-refractivity contribution >= 4 is 27.9 Å². The largest absolute Gasteiger partial charge is 0.492 e. The molecule has 0 fully saturated rings. The van der Waals surface area contributed by atoms with Crippen LogP contribution in [0.2, 0.25) is 0 Å². The van der Waals surface area contributed by atoms with E-state index < -0.39 is 21.0 Å². The number of carbonyl (C=O) groups is 2. The average Bonchev–Trinajstić information content (AvgIpc) is 2.63. The van der Waals surface area contributed by atoms with Crippen molar-refractivity contribution in [1.29, 1.82) is 0 Å². The first-order valence-corrected chi connectivity index (χ1v) is 10.6. The molecule has 1 aromatic heterocycles. The molecule has 0 aliphatic heterocycles. The lowest BCUT2D eigenvalue weighted by Gasteiger charge is -2.40. The molecule has 6 nitrogen and oxygen atoms in total. The monoisotopic (exact) mass is 453 g/mol. The van der Waals surface area contributed by atoms with Crippen molar-refractivity contribution < 1.29 is 33.8 Å². The Hall–Kier alpha value is -2.89. The molecule has 0 atom stereocenters. The molecule has 2 aromatic rings. The summed E-state index contributed by atoms with van der Waals surface area (Å²) in [5, 5.41) is 5.08. The average molecular weight is 453 g/mol. The Bertz CT molecular complexity index is 935. The van der Waals surface area contributed by atoms with Gasteiger partial charge in [0.25, 0.3) is 5.91 Å². The molecule has 0 unspecified atom stereocenters. The van der Waals surface area contributed by atoms with E-state index in [0.29, 0.717) is 0 Å². The Labute approximate surface area is 169 Å². The Kier molecular flexibility index (Phi) is 6.04. The molecule has 2 amide bonds. The number of benzene rings is 1. The van der Waals surface area contributed by atoms with Crippen molar-refractivity contribution in [3.05, 3.63) is 48.2 Å². The second kappa shape index (κ2) is 7.74. The van der Waals surface area contributed by atoms with Gasteiger partial charge in [0.05, 0.1) is 6.54 Å². The summed E-state index contributed by atoms with van der Waals surface area (Å²) in [7, 11) is -9.72. The highest BCUT2D eigenvalue weighted by Crippen LogP contribution is 3.02. The number of pyridine rings is 1. The number of aromatic nitrogens is 1. The molecule has 0 bridgehead atoms. The fourth-order valence-electron chi connectivity index (χ4n) is 2.14. The van der Waals surface area contributed by atoms with Crippen LogP contribution >= 0.6 is 10.2 Å². The van der Waals surface area contributed by atoms with E-state index in [1.807, 2.05) is 0 Å². The first kappa shape index (κ1) is 23.4. The maximum Gasteiger partial charge on any atom is 0.310 e. The number of ether oxygens (including phenoxy) is 1. The summed E-state index contributed by atoms with van der Waals surface area (Å²) in [5.41, 5.74) is 0.226. The highest BCUT2D eigenvalue weighted by molar-refractivity contribution is 8.45. The summed E-state index contributed by atoms with van der Waals surface area (Å²) in [6, 6.07) is 4.87. The number of hydrogen-bond donors (Lipinski definition) is 2. The molecular formula is C18H20F5N3O3S. The molecule has 1 heterocycles. The third-order valence-corrected chi connectivity index (χ3v) is 4.89. The minimum Gasteiger partial charge on any atom is -0.492 e. The first-order chi connectivity index (χ1) is 13.7. The molecule has 2 rings (SSSR count). The number of nitrogens with zero attached hydrogens (tertiary/aromatic N) is 1.